The standard InChI is InChI=1S/C27H35F2N5O3S.C2H6.K/c1-15(38-24(34-30)9-6-16-4-5-16)32-26(35)19-8-7-17(33-18-12-27(2,36)13-18)10-20(19)21-11-22(25(28)29)31-14-23(21)37-3;1-2;/h7-8,10-11,14-16,18,22,24-25,31,34,36H,4-5,12-13,30H2,1-3H3,(H2,32,33,35);1-2H3;/q;;+1/p-1. The summed E-state index contributed by atoms with van der Waals surface area (Å²) in [6.45, 7) is 7.59. The molecular formula is C29H40F2KN5O3S. The van der Waals surface area contributed by atoms with Crippen molar-refractivity contribution in [1.82, 2.24) is 16.1 Å². The van der Waals surface area contributed by atoms with Gasteiger partial charge in [0.05, 0.1) is 18.1 Å². The summed E-state index contributed by atoms with van der Waals surface area (Å²) in [4.78, 5) is 13.4. The first-order valence-corrected chi connectivity index (χ1v) is 14.5. The molecular weight excluding hydrogens is 576 g/mol. The van der Waals surface area contributed by atoms with Crippen LogP contribution in [0.15, 0.2) is 36.2 Å². The number of dihydropyridines is 1. The number of methoxy groups -OCH3 is 1. The Labute approximate surface area is 288 Å². The van der Waals surface area contributed by atoms with Crippen LogP contribution in [0.3, 0.4) is 0 Å². The van der Waals surface area contributed by atoms with Crippen molar-refractivity contribution in [2.75, 3.05) is 7.11 Å². The Morgan fingerprint density at radius 2 is 2.00 bits per heavy atom. The van der Waals surface area contributed by atoms with Gasteiger partial charge < -0.3 is 25.8 Å². The first-order valence-electron chi connectivity index (χ1n) is 13.6. The number of nitrogens with one attached hydrogen (secondary N) is 3. The third-order valence-electron chi connectivity index (χ3n) is 6.55. The van der Waals surface area contributed by atoms with Gasteiger partial charge in [-0.15, -0.1) is 23.5 Å². The Kier molecular flexibility index (Phi) is 14.6. The summed E-state index contributed by atoms with van der Waals surface area (Å²) in [7, 11) is 1.44. The number of rotatable bonds is 10. The maximum Gasteiger partial charge on any atom is 1.00 e. The molecule has 4 rings (SSSR count). The number of aliphatic hydroxyl groups is 1. The van der Waals surface area contributed by atoms with Crippen LogP contribution in [-0.4, -0.2) is 53.0 Å². The number of allylic oxidation sites excluding steroid dienone is 1. The second-order valence-corrected chi connectivity index (χ2v) is 11.6. The number of amides is 1. The van der Waals surface area contributed by atoms with Gasteiger partial charge in [-0.25, -0.2) is 14.2 Å². The number of carbonyl (C=O) groups excluding carboxylic acids is 1. The van der Waals surface area contributed by atoms with Crippen LogP contribution in [-0.2, 0) is 4.74 Å². The number of nitrogens with two attached hydrogens (primary N) is 1. The van der Waals surface area contributed by atoms with E-state index in [1.54, 1.807) is 25.1 Å². The Bertz CT molecular complexity index is 1160. The minimum Gasteiger partial charge on any atom is -0.681 e. The molecule has 3 atom stereocenters. The van der Waals surface area contributed by atoms with E-state index >= 15 is 0 Å². The molecule has 3 aliphatic rings. The SMILES string of the molecule is CC.COC1=CNC(C(F)F)C=C1c1cc([N-]C2CC(C)(O)C2)ccc1C(=O)NC(C)SC(C#CC1CC1)NN.[K+]. The predicted molar refractivity (Wildman–Crippen MR) is 157 cm³/mol. The van der Waals surface area contributed by atoms with Gasteiger partial charge >= 0.3 is 51.4 Å². The van der Waals surface area contributed by atoms with E-state index < -0.39 is 18.1 Å². The molecule has 2 saturated carbocycles. The fourth-order valence-corrected chi connectivity index (χ4v) is 5.22. The van der Waals surface area contributed by atoms with Crippen molar-refractivity contribution in [2.45, 2.75) is 88.2 Å². The molecule has 1 amide bonds. The fraction of sp³-hybridized carbons (Fsp3) is 0.552. The molecule has 0 spiro atoms. The maximum atomic E-state index is 13.6. The Morgan fingerprint density at radius 3 is 2.56 bits per heavy atom. The van der Waals surface area contributed by atoms with E-state index in [1.807, 2.05) is 20.8 Å². The molecule has 6 N–H and O–H groups in total. The number of thioether (sulfide) groups is 1. The fourth-order valence-electron chi connectivity index (χ4n) is 4.42. The van der Waals surface area contributed by atoms with Crippen LogP contribution in [0.2, 0.25) is 0 Å². The number of hydrazine groups is 1. The Hall–Kier alpha value is -1.14. The quantitative estimate of drug-likeness (QED) is 0.0894. The van der Waals surface area contributed by atoms with Gasteiger partial charge in [0.15, 0.2) is 0 Å². The van der Waals surface area contributed by atoms with Crippen molar-refractivity contribution in [2.24, 2.45) is 11.8 Å². The van der Waals surface area contributed by atoms with Crippen LogP contribution < -0.4 is 73.3 Å². The van der Waals surface area contributed by atoms with E-state index in [0.29, 0.717) is 46.9 Å². The van der Waals surface area contributed by atoms with E-state index in [0.717, 1.165) is 12.8 Å². The van der Waals surface area contributed by atoms with Gasteiger partial charge in [0.2, 0.25) is 0 Å². The molecule has 0 bridgehead atoms. The third kappa shape index (κ3) is 10.5. The van der Waals surface area contributed by atoms with Crippen molar-refractivity contribution < 1.29 is 74.8 Å². The van der Waals surface area contributed by atoms with Gasteiger partial charge in [-0.05, 0) is 51.2 Å². The molecule has 1 aromatic carbocycles. The number of nitrogens with zero attached hydrogens (tertiary/aromatic N) is 1. The minimum atomic E-state index is -2.66. The summed E-state index contributed by atoms with van der Waals surface area (Å²) >= 11 is 1.37. The summed E-state index contributed by atoms with van der Waals surface area (Å²) in [6, 6.07) is 3.77. The number of hydrogen-bond acceptors (Lipinski definition) is 7. The topological polar surface area (TPSA) is 123 Å². The summed E-state index contributed by atoms with van der Waals surface area (Å²) < 4.78 is 32.6. The molecule has 0 aromatic heterocycles. The summed E-state index contributed by atoms with van der Waals surface area (Å²) in [6.07, 6.45) is 3.36. The zero-order valence-electron chi connectivity index (χ0n) is 24.6. The monoisotopic (exact) mass is 615 g/mol. The van der Waals surface area contributed by atoms with Gasteiger partial charge in [-0.3, -0.25) is 10.6 Å². The Balaban J connectivity index is 0.00000192. The Morgan fingerprint density at radius 1 is 1.32 bits per heavy atom. The van der Waals surface area contributed by atoms with E-state index in [4.69, 9.17) is 10.6 Å². The average molecular weight is 616 g/mol. The van der Waals surface area contributed by atoms with Crippen LogP contribution in [0.5, 0.6) is 0 Å². The number of hydrogen-bond donors (Lipinski definition) is 5. The van der Waals surface area contributed by atoms with Crippen molar-refractivity contribution >= 4 is 28.9 Å². The first kappa shape index (κ1) is 36.0. The number of benzene rings is 1. The predicted octanol–water partition coefficient (Wildman–Crippen LogP) is 1.76. The molecule has 1 heterocycles. The molecule has 1 aliphatic heterocycles. The number of carbonyl (C=O) groups is 1. The van der Waals surface area contributed by atoms with E-state index in [1.165, 1.54) is 31.1 Å². The summed E-state index contributed by atoms with van der Waals surface area (Å²) in [5.41, 5.74) is 3.60. The smallest absolute Gasteiger partial charge is 0.681 e. The molecule has 2 fully saturated rings. The minimum absolute atomic E-state index is 0. The van der Waals surface area contributed by atoms with Crippen LogP contribution in [0, 0.1) is 17.8 Å². The van der Waals surface area contributed by atoms with Gasteiger partial charge in [-0.2, -0.15) is 0 Å². The van der Waals surface area contributed by atoms with Crippen molar-refractivity contribution in [3.8, 4) is 11.8 Å². The van der Waals surface area contributed by atoms with Crippen LogP contribution in [0.1, 0.15) is 69.3 Å². The zero-order valence-corrected chi connectivity index (χ0v) is 28.6. The van der Waals surface area contributed by atoms with E-state index in [9.17, 15) is 18.7 Å². The average Bonchev–Trinajstić information content (AvgIpc) is 3.75. The van der Waals surface area contributed by atoms with Gasteiger partial charge in [0.25, 0.3) is 12.3 Å². The molecule has 2 aliphatic carbocycles. The number of ether oxygens (including phenoxy) is 1. The molecule has 8 nitrogen and oxygen atoms in total. The van der Waals surface area contributed by atoms with Gasteiger partial charge in [0, 0.05) is 23.3 Å². The molecule has 41 heavy (non-hydrogen) atoms. The normalized spacial score (nSPS) is 24.2. The van der Waals surface area contributed by atoms with E-state index in [2.05, 4.69) is 33.2 Å². The molecule has 12 heteroatoms. The molecule has 0 saturated heterocycles. The molecule has 1 aromatic rings. The summed E-state index contributed by atoms with van der Waals surface area (Å²) in [5.74, 6) is 12.3. The van der Waals surface area contributed by atoms with Gasteiger partial charge in [0.1, 0.15) is 17.2 Å². The largest absolute Gasteiger partial charge is 1.00 e. The second kappa shape index (κ2) is 16.6. The zero-order chi connectivity index (χ0) is 29.4. The molecule has 0 radical (unpaired) electrons. The summed E-state index contributed by atoms with van der Waals surface area (Å²) in [5, 5.41) is 19.6. The maximum absolute atomic E-state index is 13.6. The third-order valence-corrected chi connectivity index (χ3v) is 7.60. The van der Waals surface area contributed by atoms with Crippen molar-refractivity contribution in [3.63, 3.8) is 0 Å². The number of alkyl halides is 2. The van der Waals surface area contributed by atoms with Crippen LogP contribution >= 0.6 is 11.8 Å². The van der Waals surface area contributed by atoms with E-state index in [-0.39, 0.29) is 74.1 Å². The van der Waals surface area contributed by atoms with Gasteiger partial charge in [-0.1, -0.05) is 43.9 Å². The van der Waals surface area contributed by atoms with Crippen molar-refractivity contribution in [3.05, 3.63) is 52.7 Å². The molecule has 3 unspecified atom stereocenters. The van der Waals surface area contributed by atoms with Crippen LogP contribution in [0.25, 0.3) is 10.9 Å². The molecule has 220 valence electrons. The van der Waals surface area contributed by atoms with Crippen molar-refractivity contribution in [1.29, 1.82) is 0 Å². The first-order chi connectivity index (χ1) is 19.1. The second-order valence-electron chi connectivity index (χ2n) is 10.1. The van der Waals surface area contributed by atoms with Crippen LogP contribution in [0.4, 0.5) is 14.5 Å². The number of halogens is 2.